The summed E-state index contributed by atoms with van der Waals surface area (Å²) in [5.74, 6) is 1.18. The molecule has 2 amide bonds. The number of hydrogen-bond acceptors (Lipinski definition) is 4. The quantitative estimate of drug-likeness (QED) is 0.648. The van der Waals surface area contributed by atoms with Crippen LogP contribution in [0.1, 0.15) is 38.3 Å². The molecule has 0 spiro atoms. The molecule has 0 heterocycles. The van der Waals surface area contributed by atoms with Gasteiger partial charge in [-0.2, -0.15) is 0 Å². The Bertz CT molecular complexity index is 835. The molecule has 30 heavy (non-hydrogen) atoms. The van der Waals surface area contributed by atoms with Crippen LogP contribution in [0.25, 0.3) is 0 Å². The Morgan fingerprint density at radius 1 is 0.967 bits per heavy atom. The lowest BCUT2D eigenvalue weighted by Gasteiger charge is -2.30. The Morgan fingerprint density at radius 3 is 2.23 bits per heavy atom. The number of nitrogens with one attached hydrogen (secondary N) is 1. The van der Waals surface area contributed by atoms with Crippen molar-refractivity contribution in [3.8, 4) is 11.5 Å². The van der Waals surface area contributed by atoms with Crippen molar-refractivity contribution < 1.29 is 19.1 Å². The molecule has 0 aliphatic rings. The third-order valence-electron chi connectivity index (χ3n) is 5.17. The Morgan fingerprint density at radius 2 is 1.63 bits per heavy atom. The third-order valence-corrected chi connectivity index (χ3v) is 5.17. The first-order chi connectivity index (χ1) is 14.4. The predicted molar refractivity (Wildman–Crippen MR) is 118 cm³/mol. The first-order valence-electron chi connectivity index (χ1n) is 10.2. The summed E-state index contributed by atoms with van der Waals surface area (Å²) in [5, 5.41) is 2.98. The fourth-order valence-corrected chi connectivity index (χ4v) is 3.04. The van der Waals surface area contributed by atoms with Crippen molar-refractivity contribution >= 4 is 11.8 Å². The summed E-state index contributed by atoms with van der Waals surface area (Å²) in [7, 11) is 3.21. The first kappa shape index (κ1) is 23.3. The Labute approximate surface area is 179 Å². The lowest BCUT2D eigenvalue weighted by molar-refractivity contribution is -0.140. The summed E-state index contributed by atoms with van der Waals surface area (Å²) in [6.45, 7) is 6.06. The molecule has 2 atom stereocenters. The van der Waals surface area contributed by atoms with E-state index in [-0.39, 0.29) is 24.3 Å². The molecule has 0 aromatic heterocycles. The van der Waals surface area contributed by atoms with Gasteiger partial charge in [-0.05, 0) is 55.7 Å². The van der Waals surface area contributed by atoms with Crippen molar-refractivity contribution in [2.45, 2.75) is 52.2 Å². The van der Waals surface area contributed by atoms with E-state index in [9.17, 15) is 9.59 Å². The fourth-order valence-electron chi connectivity index (χ4n) is 3.04. The van der Waals surface area contributed by atoms with Crippen molar-refractivity contribution in [1.82, 2.24) is 10.2 Å². The molecule has 0 fully saturated rings. The van der Waals surface area contributed by atoms with Crippen LogP contribution < -0.4 is 14.8 Å². The molecule has 6 heteroatoms. The molecule has 0 radical (unpaired) electrons. The van der Waals surface area contributed by atoms with Gasteiger partial charge in [0.1, 0.15) is 17.5 Å². The Kier molecular flexibility index (Phi) is 8.71. The van der Waals surface area contributed by atoms with Crippen LogP contribution in [0.4, 0.5) is 0 Å². The zero-order valence-corrected chi connectivity index (χ0v) is 18.5. The second-order valence-corrected chi connectivity index (χ2v) is 7.39. The van der Waals surface area contributed by atoms with Crippen LogP contribution in [0.3, 0.4) is 0 Å². The molecule has 0 aliphatic heterocycles. The molecule has 2 unspecified atom stereocenters. The van der Waals surface area contributed by atoms with Gasteiger partial charge in [0.2, 0.25) is 11.8 Å². The minimum atomic E-state index is -0.601. The minimum absolute atomic E-state index is 0.0512. The van der Waals surface area contributed by atoms with Gasteiger partial charge >= 0.3 is 0 Å². The van der Waals surface area contributed by atoms with Gasteiger partial charge in [0.15, 0.2) is 0 Å². The number of benzene rings is 2. The predicted octanol–water partition coefficient (Wildman–Crippen LogP) is 3.58. The number of ether oxygens (including phenoxy) is 2. The van der Waals surface area contributed by atoms with Crippen LogP contribution in [0.5, 0.6) is 11.5 Å². The number of rotatable bonds is 10. The van der Waals surface area contributed by atoms with Crippen LogP contribution in [0, 0.1) is 0 Å². The monoisotopic (exact) mass is 412 g/mol. The SMILES string of the molecule is CCC(C)NC(=O)C(C)N(Cc1cccc(OC)c1)C(=O)Cc1ccc(OC)cc1. The van der Waals surface area contributed by atoms with E-state index in [1.54, 1.807) is 26.0 Å². The van der Waals surface area contributed by atoms with E-state index in [0.29, 0.717) is 12.3 Å². The van der Waals surface area contributed by atoms with Crippen molar-refractivity contribution in [2.75, 3.05) is 14.2 Å². The van der Waals surface area contributed by atoms with Gasteiger partial charge in [0, 0.05) is 12.6 Å². The van der Waals surface area contributed by atoms with E-state index in [1.165, 1.54) is 0 Å². The molecule has 162 valence electrons. The van der Waals surface area contributed by atoms with E-state index < -0.39 is 6.04 Å². The highest BCUT2D eigenvalue weighted by atomic mass is 16.5. The van der Waals surface area contributed by atoms with Crippen LogP contribution >= 0.6 is 0 Å². The lowest BCUT2D eigenvalue weighted by Crippen LogP contribution is -2.49. The highest BCUT2D eigenvalue weighted by Gasteiger charge is 2.27. The molecule has 2 rings (SSSR count). The Balaban J connectivity index is 2.23. The molecule has 2 aromatic rings. The van der Waals surface area contributed by atoms with Crippen molar-refractivity contribution in [3.05, 3.63) is 59.7 Å². The molecule has 1 N–H and O–H groups in total. The van der Waals surface area contributed by atoms with E-state index in [2.05, 4.69) is 5.32 Å². The number of carbonyl (C=O) groups is 2. The summed E-state index contributed by atoms with van der Waals surface area (Å²) in [6, 6.07) is 14.4. The number of methoxy groups -OCH3 is 2. The third kappa shape index (κ3) is 6.51. The second-order valence-electron chi connectivity index (χ2n) is 7.39. The van der Waals surface area contributed by atoms with Gasteiger partial charge in [0.05, 0.1) is 20.6 Å². The maximum absolute atomic E-state index is 13.2. The second kappa shape index (κ2) is 11.2. The van der Waals surface area contributed by atoms with Crippen molar-refractivity contribution in [2.24, 2.45) is 0 Å². The zero-order valence-electron chi connectivity index (χ0n) is 18.5. The van der Waals surface area contributed by atoms with Gasteiger partial charge in [0.25, 0.3) is 0 Å². The van der Waals surface area contributed by atoms with Crippen molar-refractivity contribution in [3.63, 3.8) is 0 Å². The molecule has 2 aromatic carbocycles. The zero-order chi connectivity index (χ0) is 22.1. The topological polar surface area (TPSA) is 67.9 Å². The Hall–Kier alpha value is -3.02. The van der Waals surface area contributed by atoms with E-state index in [4.69, 9.17) is 9.47 Å². The molecule has 6 nitrogen and oxygen atoms in total. The van der Waals surface area contributed by atoms with Crippen LogP contribution in [-0.2, 0) is 22.6 Å². The van der Waals surface area contributed by atoms with Gasteiger partial charge in [-0.1, -0.05) is 31.2 Å². The maximum atomic E-state index is 13.2. The molecular weight excluding hydrogens is 380 g/mol. The van der Waals surface area contributed by atoms with Crippen molar-refractivity contribution in [1.29, 1.82) is 0 Å². The van der Waals surface area contributed by atoms with Crippen LogP contribution in [-0.4, -0.2) is 43.0 Å². The van der Waals surface area contributed by atoms with Crippen LogP contribution in [0.2, 0.25) is 0 Å². The largest absolute Gasteiger partial charge is 0.497 e. The highest BCUT2D eigenvalue weighted by Crippen LogP contribution is 2.18. The maximum Gasteiger partial charge on any atom is 0.242 e. The molecule has 0 bridgehead atoms. The highest BCUT2D eigenvalue weighted by molar-refractivity contribution is 5.88. The molecule has 0 saturated carbocycles. The molecular formula is C24H32N2O4. The first-order valence-corrected chi connectivity index (χ1v) is 10.2. The number of hydrogen-bond donors (Lipinski definition) is 1. The van der Waals surface area contributed by atoms with E-state index in [0.717, 1.165) is 23.3 Å². The molecule has 0 aliphatic carbocycles. The van der Waals surface area contributed by atoms with Crippen LogP contribution in [0.15, 0.2) is 48.5 Å². The standard InChI is InChI=1S/C24H32N2O4/c1-6-17(2)25-24(28)18(3)26(16-20-8-7-9-22(14-20)30-5)23(27)15-19-10-12-21(29-4)13-11-19/h7-14,17-18H,6,15-16H2,1-5H3,(H,25,28). The molecule has 0 saturated heterocycles. The number of nitrogens with zero attached hydrogens (tertiary/aromatic N) is 1. The van der Waals surface area contributed by atoms with E-state index in [1.807, 2.05) is 62.4 Å². The normalized spacial score (nSPS) is 12.6. The smallest absolute Gasteiger partial charge is 0.242 e. The van der Waals surface area contributed by atoms with Gasteiger partial charge in [-0.25, -0.2) is 0 Å². The average molecular weight is 413 g/mol. The average Bonchev–Trinajstić information content (AvgIpc) is 2.77. The summed E-state index contributed by atoms with van der Waals surface area (Å²) < 4.78 is 10.5. The lowest BCUT2D eigenvalue weighted by atomic mass is 10.1. The number of amides is 2. The van der Waals surface area contributed by atoms with Gasteiger partial charge < -0.3 is 19.7 Å². The number of carbonyl (C=O) groups excluding carboxylic acids is 2. The minimum Gasteiger partial charge on any atom is -0.497 e. The fraction of sp³-hybridized carbons (Fsp3) is 0.417. The summed E-state index contributed by atoms with van der Waals surface area (Å²) in [6.07, 6.45) is 1.03. The summed E-state index contributed by atoms with van der Waals surface area (Å²) in [5.41, 5.74) is 1.77. The van der Waals surface area contributed by atoms with Gasteiger partial charge in [-0.3, -0.25) is 9.59 Å². The summed E-state index contributed by atoms with van der Waals surface area (Å²) in [4.78, 5) is 27.6. The van der Waals surface area contributed by atoms with Gasteiger partial charge in [-0.15, -0.1) is 0 Å². The van der Waals surface area contributed by atoms with E-state index >= 15 is 0 Å². The summed E-state index contributed by atoms with van der Waals surface area (Å²) >= 11 is 0.